The van der Waals surface area contributed by atoms with Crippen LogP contribution < -0.4 is 4.74 Å². The van der Waals surface area contributed by atoms with E-state index in [4.69, 9.17) is 4.74 Å². The molecule has 1 N–H and O–H groups in total. The first kappa shape index (κ1) is 17.3. The van der Waals surface area contributed by atoms with Crippen LogP contribution in [-0.2, 0) is 11.1 Å². The summed E-state index contributed by atoms with van der Waals surface area (Å²) >= 11 is 0. The second-order valence-electron chi connectivity index (χ2n) is 6.51. The largest absolute Gasteiger partial charge is 0.508 e. The predicted molar refractivity (Wildman–Crippen MR) is 104 cm³/mol. The van der Waals surface area contributed by atoms with Crippen molar-refractivity contribution in [3.8, 4) is 22.6 Å². The standard InChI is InChI=1S/C21H23BO3/c1-25-18-7-8-19(15-5-10-21(24)17(11-15)13-22)16(12-18)6-9-20(23)14-3-2-4-14/h5-12,14,24H,2-4,13,22H2,1H3/b9-6+. The molecule has 2 aromatic rings. The highest BCUT2D eigenvalue weighted by molar-refractivity contribution is 6.08. The van der Waals surface area contributed by atoms with Crippen LogP contribution in [0.25, 0.3) is 17.2 Å². The number of phenols is 1. The number of ether oxygens (including phenoxy) is 1. The van der Waals surface area contributed by atoms with E-state index < -0.39 is 0 Å². The van der Waals surface area contributed by atoms with Crippen LogP contribution in [-0.4, -0.2) is 25.8 Å². The van der Waals surface area contributed by atoms with Gasteiger partial charge in [-0.25, -0.2) is 0 Å². The van der Waals surface area contributed by atoms with Gasteiger partial charge >= 0.3 is 0 Å². The first-order chi connectivity index (χ1) is 12.1. The number of phenolic OH excluding ortho intramolecular Hbond substituents is 1. The van der Waals surface area contributed by atoms with Gasteiger partial charge in [0.15, 0.2) is 5.78 Å². The predicted octanol–water partition coefficient (Wildman–Crippen LogP) is 3.58. The minimum absolute atomic E-state index is 0.200. The van der Waals surface area contributed by atoms with Gasteiger partial charge in [0, 0.05) is 5.92 Å². The minimum Gasteiger partial charge on any atom is -0.508 e. The van der Waals surface area contributed by atoms with Crippen molar-refractivity contribution >= 4 is 19.7 Å². The molecule has 0 spiro atoms. The Bertz CT molecular complexity index is 807. The fourth-order valence-corrected chi connectivity index (χ4v) is 3.11. The number of benzene rings is 2. The number of methoxy groups -OCH3 is 1. The highest BCUT2D eigenvalue weighted by atomic mass is 16.5. The zero-order valence-corrected chi connectivity index (χ0v) is 14.8. The molecule has 3 rings (SSSR count). The summed E-state index contributed by atoms with van der Waals surface area (Å²) in [7, 11) is 3.66. The third kappa shape index (κ3) is 3.79. The zero-order valence-electron chi connectivity index (χ0n) is 14.8. The van der Waals surface area contributed by atoms with Gasteiger partial charge in [0.2, 0.25) is 0 Å². The molecule has 0 radical (unpaired) electrons. The van der Waals surface area contributed by atoms with Crippen LogP contribution in [0, 0.1) is 5.92 Å². The summed E-state index contributed by atoms with van der Waals surface area (Å²) < 4.78 is 5.34. The molecule has 0 aliphatic heterocycles. The van der Waals surface area contributed by atoms with Crippen LogP contribution in [0.5, 0.6) is 11.5 Å². The second-order valence-corrected chi connectivity index (χ2v) is 6.51. The summed E-state index contributed by atoms with van der Waals surface area (Å²) in [5.41, 5.74) is 3.90. The Hall–Kier alpha value is -2.49. The normalized spacial score (nSPS) is 14.4. The molecule has 0 atom stereocenters. The average Bonchev–Trinajstić information content (AvgIpc) is 2.58. The molecule has 0 heterocycles. The minimum atomic E-state index is 0.200. The first-order valence-electron chi connectivity index (χ1n) is 8.84. The van der Waals surface area contributed by atoms with E-state index in [1.807, 2.05) is 44.3 Å². The van der Waals surface area contributed by atoms with Crippen molar-refractivity contribution < 1.29 is 14.6 Å². The molecule has 25 heavy (non-hydrogen) atoms. The van der Waals surface area contributed by atoms with Crippen molar-refractivity contribution in [2.75, 3.05) is 7.11 Å². The lowest BCUT2D eigenvalue weighted by Crippen LogP contribution is -2.19. The maximum atomic E-state index is 12.2. The van der Waals surface area contributed by atoms with Crippen molar-refractivity contribution in [1.29, 1.82) is 0 Å². The number of hydrogen-bond donors (Lipinski definition) is 1. The van der Waals surface area contributed by atoms with Gasteiger partial charge in [0.05, 0.1) is 7.11 Å². The topological polar surface area (TPSA) is 46.5 Å². The highest BCUT2D eigenvalue weighted by Gasteiger charge is 2.23. The summed E-state index contributed by atoms with van der Waals surface area (Å²) in [4.78, 5) is 12.2. The number of ketones is 1. The van der Waals surface area contributed by atoms with E-state index >= 15 is 0 Å². The SMILES string of the molecule is BCc1cc(-c2ccc(OC)cc2/C=C/C(=O)C2CCC2)ccc1O. The molecule has 1 fully saturated rings. The van der Waals surface area contributed by atoms with E-state index in [9.17, 15) is 9.90 Å². The summed E-state index contributed by atoms with van der Waals surface area (Å²) in [6, 6.07) is 11.5. The third-order valence-corrected chi connectivity index (χ3v) is 4.96. The third-order valence-electron chi connectivity index (χ3n) is 4.96. The van der Waals surface area contributed by atoms with Crippen molar-refractivity contribution in [3.05, 3.63) is 53.6 Å². The Labute approximate surface area is 149 Å². The van der Waals surface area contributed by atoms with Gasteiger partial charge in [-0.1, -0.05) is 30.9 Å². The molecular weight excluding hydrogens is 311 g/mol. The smallest absolute Gasteiger partial charge is 0.158 e. The number of allylic oxidation sites excluding steroid dienone is 1. The summed E-state index contributed by atoms with van der Waals surface area (Å²) in [6.45, 7) is 0. The van der Waals surface area contributed by atoms with Gasteiger partial charge < -0.3 is 9.84 Å². The van der Waals surface area contributed by atoms with Gasteiger partial charge in [0.1, 0.15) is 19.3 Å². The summed E-state index contributed by atoms with van der Waals surface area (Å²) in [6.07, 6.45) is 7.52. The number of carbonyl (C=O) groups is 1. The molecule has 0 amide bonds. The maximum absolute atomic E-state index is 12.2. The van der Waals surface area contributed by atoms with Crippen LogP contribution in [0.3, 0.4) is 0 Å². The molecule has 1 aliphatic rings. The first-order valence-corrected chi connectivity index (χ1v) is 8.84. The molecule has 2 aromatic carbocycles. The fraction of sp³-hybridized carbons (Fsp3) is 0.286. The van der Waals surface area contributed by atoms with E-state index in [1.165, 1.54) is 0 Å². The number of carbonyl (C=O) groups excluding carboxylic acids is 1. The van der Waals surface area contributed by atoms with Crippen molar-refractivity contribution in [2.45, 2.75) is 25.6 Å². The van der Waals surface area contributed by atoms with E-state index in [1.54, 1.807) is 19.3 Å². The molecule has 0 bridgehead atoms. The maximum Gasteiger partial charge on any atom is 0.158 e. The molecular formula is C21H23BO3. The quantitative estimate of drug-likeness (QED) is 0.649. The molecule has 0 aromatic heterocycles. The Balaban J connectivity index is 1.98. The van der Waals surface area contributed by atoms with E-state index in [0.29, 0.717) is 5.75 Å². The van der Waals surface area contributed by atoms with E-state index in [-0.39, 0.29) is 11.7 Å². The van der Waals surface area contributed by atoms with Gasteiger partial charge in [-0.3, -0.25) is 4.79 Å². The van der Waals surface area contributed by atoms with Crippen molar-refractivity contribution in [3.63, 3.8) is 0 Å². The van der Waals surface area contributed by atoms with Crippen LogP contribution in [0.1, 0.15) is 30.4 Å². The summed E-state index contributed by atoms with van der Waals surface area (Å²) in [5.74, 6) is 1.48. The molecule has 1 aliphatic carbocycles. The number of aromatic hydroxyl groups is 1. The molecule has 0 unspecified atom stereocenters. The van der Waals surface area contributed by atoms with Gasteiger partial charge in [-0.2, -0.15) is 0 Å². The molecule has 128 valence electrons. The van der Waals surface area contributed by atoms with Crippen molar-refractivity contribution in [2.24, 2.45) is 5.92 Å². The fourth-order valence-electron chi connectivity index (χ4n) is 3.11. The number of hydrogen-bond acceptors (Lipinski definition) is 3. The van der Waals surface area contributed by atoms with Crippen molar-refractivity contribution in [1.82, 2.24) is 0 Å². The second kappa shape index (κ2) is 7.60. The van der Waals surface area contributed by atoms with E-state index in [2.05, 4.69) is 0 Å². The van der Waals surface area contributed by atoms with Gasteiger partial charge in [0.25, 0.3) is 0 Å². The Morgan fingerprint density at radius 3 is 2.72 bits per heavy atom. The number of rotatable bonds is 6. The van der Waals surface area contributed by atoms with Crippen LogP contribution in [0.2, 0.25) is 0 Å². The van der Waals surface area contributed by atoms with E-state index in [0.717, 1.165) is 53.6 Å². The van der Waals surface area contributed by atoms with Gasteiger partial charge in [-0.05, 0) is 65.4 Å². The average molecular weight is 334 g/mol. The van der Waals surface area contributed by atoms with Crippen LogP contribution >= 0.6 is 0 Å². The van der Waals surface area contributed by atoms with Crippen LogP contribution in [0.15, 0.2) is 42.5 Å². The lowest BCUT2D eigenvalue weighted by molar-refractivity contribution is -0.120. The lowest BCUT2D eigenvalue weighted by atomic mass is 9.82. The Morgan fingerprint density at radius 1 is 1.28 bits per heavy atom. The highest BCUT2D eigenvalue weighted by Crippen LogP contribution is 2.32. The molecule has 1 saturated carbocycles. The zero-order chi connectivity index (χ0) is 17.8. The van der Waals surface area contributed by atoms with Crippen LogP contribution in [0.4, 0.5) is 0 Å². The monoisotopic (exact) mass is 334 g/mol. The molecule has 3 nitrogen and oxygen atoms in total. The molecule has 4 heteroatoms. The summed E-state index contributed by atoms with van der Waals surface area (Å²) in [5, 5.41) is 9.93. The molecule has 0 saturated heterocycles. The Kier molecular flexibility index (Phi) is 5.27. The lowest BCUT2D eigenvalue weighted by Gasteiger charge is -2.22. The Morgan fingerprint density at radius 2 is 2.08 bits per heavy atom. The van der Waals surface area contributed by atoms with Gasteiger partial charge in [-0.15, -0.1) is 0 Å².